The van der Waals surface area contributed by atoms with E-state index in [0.29, 0.717) is 23.0 Å². The zero-order valence-electron chi connectivity index (χ0n) is 12.2. The smallest absolute Gasteiger partial charge is 0.235 e. The van der Waals surface area contributed by atoms with Gasteiger partial charge in [-0.25, -0.2) is 4.98 Å². The Morgan fingerprint density at radius 1 is 1.27 bits per heavy atom. The van der Waals surface area contributed by atoms with Gasteiger partial charge in [0.15, 0.2) is 5.65 Å². The molecule has 0 spiro atoms. The van der Waals surface area contributed by atoms with Gasteiger partial charge < -0.3 is 10.1 Å². The summed E-state index contributed by atoms with van der Waals surface area (Å²) in [7, 11) is 0. The van der Waals surface area contributed by atoms with Crippen LogP contribution in [0.3, 0.4) is 0 Å². The van der Waals surface area contributed by atoms with Gasteiger partial charge in [0, 0.05) is 28.4 Å². The van der Waals surface area contributed by atoms with E-state index < -0.39 is 0 Å². The van der Waals surface area contributed by atoms with E-state index in [-0.39, 0.29) is 12.1 Å². The summed E-state index contributed by atoms with van der Waals surface area (Å²) in [5.41, 5.74) is 2.42. The van der Waals surface area contributed by atoms with Crippen LogP contribution in [0.15, 0.2) is 41.3 Å². The Kier molecular flexibility index (Phi) is 4.15. The number of aromatic nitrogens is 3. The van der Waals surface area contributed by atoms with Gasteiger partial charge in [-0.2, -0.15) is 8.40 Å². The molecule has 0 atom stereocenters. The second kappa shape index (κ2) is 6.23. The maximum Gasteiger partial charge on any atom is 0.235 e. The number of fused-ring (bicyclic) bond motifs is 1. The Hall–Kier alpha value is -2.28. The van der Waals surface area contributed by atoms with Crippen molar-refractivity contribution in [1.82, 2.24) is 14.6 Å². The first-order valence-corrected chi connectivity index (χ1v) is 7.57. The lowest BCUT2D eigenvalue weighted by molar-refractivity contribution is 0.325. The molecule has 0 unspecified atom stereocenters. The summed E-state index contributed by atoms with van der Waals surface area (Å²) in [6.45, 7) is 4.38. The third-order valence-electron chi connectivity index (χ3n) is 3.04. The lowest BCUT2D eigenvalue weighted by Gasteiger charge is -2.09. The number of benzene rings is 1. The fraction of sp³-hybridized carbons (Fsp3) is 0.200. The molecule has 3 rings (SSSR count). The molecule has 7 heteroatoms. The first-order valence-electron chi connectivity index (χ1n) is 6.85. The van der Waals surface area contributed by atoms with Crippen molar-refractivity contribution in [2.45, 2.75) is 18.7 Å². The average molecular weight is 318 g/mol. The Morgan fingerprint density at radius 2 is 2.05 bits per heavy atom. The first-order chi connectivity index (χ1) is 10.7. The summed E-state index contributed by atoms with van der Waals surface area (Å²) in [5, 5.41) is 7.65. The van der Waals surface area contributed by atoms with Gasteiger partial charge in [0.1, 0.15) is 5.82 Å². The lowest BCUT2D eigenvalue weighted by Crippen LogP contribution is -2.02. The second-order valence-corrected chi connectivity index (χ2v) is 5.32. The first kappa shape index (κ1) is 14.6. The summed E-state index contributed by atoms with van der Waals surface area (Å²) in [5.74, 6) is 1.31. The highest BCUT2D eigenvalue weighted by Gasteiger charge is 2.09. The normalized spacial score (nSPS) is 10.9. The molecule has 114 valence electrons. The Bertz CT molecular complexity index is 788. The minimum atomic E-state index is 0.226. The summed E-state index contributed by atoms with van der Waals surface area (Å²) in [6.07, 6.45) is 0. The van der Waals surface area contributed by atoms with Crippen molar-refractivity contribution in [2.24, 2.45) is 0 Å². The molecule has 5 nitrogen and oxygen atoms in total. The molecule has 0 saturated heterocycles. The predicted octanol–water partition coefficient (Wildman–Crippen LogP) is 4.16. The number of nitrogens with one attached hydrogen (secondary N) is 1. The topological polar surface area (TPSA) is 51.5 Å². The Labute approximate surface area is 131 Å². The summed E-state index contributed by atoms with van der Waals surface area (Å²) < 4.78 is 19.6. The average Bonchev–Trinajstić information content (AvgIpc) is 2.91. The SMILES string of the molecule is CCOc1cc2nc(C)cc(Nc3ccc(SF)cc3)n2n1. The van der Waals surface area contributed by atoms with Crippen LogP contribution in [0.2, 0.25) is 0 Å². The van der Waals surface area contributed by atoms with Crippen LogP contribution in [0.25, 0.3) is 5.65 Å². The lowest BCUT2D eigenvalue weighted by atomic mass is 10.3. The fourth-order valence-electron chi connectivity index (χ4n) is 2.12. The zero-order valence-corrected chi connectivity index (χ0v) is 13.0. The van der Waals surface area contributed by atoms with Crippen LogP contribution < -0.4 is 10.1 Å². The molecule has 1 aromatic carbocycles. The highest BCUT2D eigenvalue weighted by Crippen LogP contribution is 2.24. The third-order valence-corrected chi connectivity index (χ3v) is 3.49. The van der Waals surface area contributed by atoms with Gasteiger partial charge in [-0.1, -0.05) is 0 Å². The summed E-state index contributed by atoms with van der Waals surface area (Å²) in [4.78, 5) is 5.00. The van der Waals surface area contributed by atoms with E-state index >= 15 is 0 Å². The molecule has 0 aliphatic rings. The van der Waals surface area contributed by atoms with Crippen molar-refractivity contribution >= 4 is 29.3 Å². The van der Waals surface area contributed by atoms with Gasteiger partial charge in [-0.15, -0.1) is 5.10 Å². The van der Waals surface area contributed by atoms with Gasteiger partial charge in [0.2, 0.25) is 5.88 Å². The number of hydrogen-bond acceptors (Lipinski definition) is 5. The molecule has 0 saturated carbocycles. The van der Waals surface area contributed by atoms with Gasteiger partial charge in [0.05, 0.1) is 18.8 Å². The number of nitrogens with zero attached hydrogens (tertiary/aromatic N) is 3. The van der Waals surface area contributed by atoms with Crippen molar-refractivity contribution in [3.8, 4) is 5.88 Å². The van der Waals surface area contributed by atoms with Crippen LogP contribution in [0.4, 0.5) is 15.4 Å². The minimum absolute atomic E-state index is 0.226. The van der Waals surface area contributed by atoms with Crippen LogP contribution in [0.5, 0.6) is 5.88 Å². The van der Waals surface area contributed by atoms with Crippen molar-refractivity contribution in [2.75, 3.05) is 11.9 Å². The molecule has 0 bridgehead atoms. The van der Waals surface area contributed by atoms with E-state index in [4.69, 9.17) is 4.74 Å². The predicted molar refractivity (Wildman–Crippen MR) is 85.6 cm³/mol. The highest BCUT2D eigenvalue weighted by molar-refractivity contribution is 7.94. The van der Waals surface area contributed by atoms with Crippen LogP contribution in [-0.4, -0.2) is 21.2 Å². The fourth-order valence-corrected chi connectivity index (χ4v) is 2.36. The maximum atomic E-state index is 12.5. The molecular formula is C15H15FN4OS. The molecule has 0 radical (unpaired) electrons. The molecule has 2 aromatic heterocycles. The maximum absolute atomic E-state index is 12.5. The van der Waals surface area contributed by atoms with Crippen molar-refractivity contribution < 1.29 is 8.62 Å². The molecule has 0 fully saturated rings. The summed E-state index contributed by atoms with van der Waals surface area (Å²) in [6, 6.07) is 10.8. The number of anilines is 2. The van der Waals surface area contributed by atoms with Crippen molar-refractivity contribution in [3.63, 3.8) is 0 Å². The van der Waals surface area contributed by atoms with Crippen LogP contribution in [-0.2, 0) is 0 Å². The molecule has 0 aliphatic heterocycles. The minimum Gasteiger partial charge on any atom is -0.477 e. The summed E-state index contributed by atoms with van der Waals surface area (Å²) >= 11 is 0.226. The van der Waals surface area contributed by atoms with E-state index in [9.17, 15) is 3.89 Å². The van der Waals surface area contributed by atoms with E-state index in [1.54, 1.807) is 22.7 Å². The van der Waals surface area contributed by atoms with E-state index in [1.807, 2.05) is 32.0 Å². The largest absolute Gasteiger partial charge is 0.477 e. The highest BCUT2D eigenvalue weighted by atomic mass is 32.2. The van der Waals surface area contributed by atoms with E-state index in [1.165, 1.54) is 0 Å². The number of aryl methyl sites for hydroxylation is 1. The standard InChI is InChI=1S/C15H15FN4OS/c1-3-21-15-9-14-17-10(2)8-13(20(14)19-15)18-11-4-6-12(22-16)7-5-11/h4-9,18H,3H2,1-2H3. The molecule has 22 heavy (non-hydrogen) atoms. The van der Waals surface area contributed by atoms with Gasteiger partial charge in [-0.05, 0) is 38.1 Å². The molecule has 1 N–H and O–H groups in total. The molecule has 0 aliphatic carbocycles. The third kappa shape index (κ3) is 2.99. The zero-order chi connectivity index (χ0) is 15.5. The second-order valence-electron chi connectivity index (χ2n) is 4.69. The number of ether oxygens (including phenoxy) is 1. The quantitative estimate of drug-likeness (QED) is 0.765. The monoisotopic (exact) mass is 318 g/mol. The van der Waals surface area contributed by atoms with E-state index in [0.717, 1.165) is 17.2 Å². The number of halogens is 1. The molecule has 2 heterocycles. The number of rotatable bonds is 5. The molecule has 3 aromatic rings. The van der Waals surface area contributed by atoms with Crippen molar-refractivity contribution in [3.05, 3.63) is 42.1 Å². The molecule has 0 amide bonds. The molecular weight excluding hydrogens is 303 g/mol. The van der Waals surface area contributed by atoms with Crippen LogP contribution in [0, 0.1) is 6.92 Å². The van der Waals surface area contributed by atoms with Crippen molar-refractivity contribution in [1.29, 1.82) is 0 Å². The van der Waals surface area contributed by atoms with Crippen LogP contribution >= 0.6 is 12.1 Å². The Balaban J connectivity index is 1.97. The van der Waals surface area contributed by atoms with E-state index in [2.05, 4.69) is 15.4 Å². The Morgan fingerprint density at radius 3 is 2.73 bits per heavy atom. The van der Waals surface area contributed by atoms with Gasteiger partial charge >= 0.3 is 0 Å². The van der Waals surface area contributed by atoms with Crippen LogP contribution in [0.1, 0.15) is 12.6 Å². The van der Waals surface area contributed by atoms with Gasteiger partial charge in [0.25, 0.3) is 0 Å². The number of hydrogen-bond donors (Lipinski definition) is 1. The van der Waals surface area contributed by atoms with Gasteiger partial charge in [-0.3, -0.25) is 0 Å².